The first kappa shape index (κ1) is 15.5. The molecule has 0 aliphatic carbocycles. The van der Waals surface area contributed by atoms with Gasteiger partial charge in [0.25, 0.3) is 0 Å². The van der Waals surface area contributed by atoms with Crippen LogP contribution < -0.4 is 0 Å². The van der Waals surface area contributed by atoms with E-state index >= 15 is 0 Å². The van der Waals surface area contributed by atoms with Crippen molar-refractivity contribution in [3.05, 3.63) is 29.3 Å². The normalized spacial score (nSPS) is 21.1. The van der Waals surface area contributed by atoms with Crippen molar-refractivity contribution in [3.63, 3.8) is 0 Å². The highest BCUT2D eigenvalue weighted by Gasteiger charge is 2.28. The van der Waals surface area contributed by atoms with E-state index in [1.165, 1.54) is 0 Å². The zero-order valence-corrected chi connectivity index (χ0v) is 13.0. The van der Waals surface area contributed by atoms with Crippen molar-refractivity contribution >= 4 is 10.0 Å². The first-order valence-corrected chi connectivity index (χ1v) is 8.65. The average Bonchev–Trinajstić information content (AvgIpc) is 2.46. The Kier molecular flexibility index (Phi) is 4.83. The molecule has 4 nitrogen and oxygen atoms in total. The largest absolute Gasteiger partial charge is 0.392 e. The van der Waals surface area contributed by atoms with Gasteiger partial charge in [-0.1, -0.05) is 19.9 Å². The van der Waals surface area contributed by atoms with Crippen molar-refractivity contribution in [3.8, 4) is 0 Å². The van der Waals surface area contributed by atoms with E-state index in [0.29, 0.717) is 29.5 Å². The zero-order chi connectivity index (χ0) is 14.8. The minimum Gasteiger partial charge on any atom is -0.392 e. The van der Waals surface area contributed by atoms with E-state index < -0.39 is 10.0 Å². The zero-order valence-electron chi connectivity index (χ0n) is 12.2. The van der Waals surface area contributed by atoms with E-state index in [9.17, 15) is 13.5 Å². The fourth-order valence-corrected chi connectivity index (χ4v) is 4.42. The summed E-state index contributed by atoms with van der Waals surface area (Å²) < 4.78 is 26.9. The molecule has 1 saturated heterocycles. The predicted octanol–water partition coefficient (Wildman–Crippen LogP) is 2.16. The number of nitrogens with zero attached hydrogens (tertiary/aromatic N) is 1. The number of piperidine rings is 1. The number of aliphatic hydroxyl groups is 1. The summed E-state index contributed by atoms with van der Waals surface area (Å²) in [5.41, 5.74) is 1.71. The third-order valence-corrected chi connectivity index (χ3v) is 5.85. The lowest BCUT2D eigenvalue weighted by molar-refractivity contribution is 0.278. The van der Waals surface area contributed by atoms with Crippen molar-refractivity contribution < 1.29 is 13.5 Å². The summed E-state index contributed by atoms with van der Waals surface area (Å²) in [4.78, 5) is 0.299. The van der Waals surface area contributed by atoms with Crippen LogP contribution in [0.5, 0.6) is 0 Å². The summed E-state index contributed by atoms with van der Waals surface area (Å²) in [6.07, 6.45) is 2.79. The highest BCUT2D eigenvalue weighted by Crippen LogP contribution is 2.25. The van der Waals surface area contributed by atoms with Crippen LogP contribution in [0.4, 0.5) is 0 Å². The summed E-state index contributed by atoms with van der Waals surface area (Å²) in [5, 5.41) is 9.38. The van der Waals surface area contributed by atoms with Gasteiger partial charge in [-0.2, -0.15) is 4.31 Å². The smallest absolute Gasteiger partial charge is 0.243 e. The molecule has 1 unspecified atom stereocenters. The van der Waals surface area contributed by atoms with Crippen LogP contribution in [-0.4, -0.2) is 30.9 Å². The lowest BCUT2D eigenvalue weighted by atomic mass is 10.0. The molecular weight excluding hydrogens is 274 g/mol. The Bertz CT molecular complexity index is 568. The molecule has 1 aliphatic heterocycles. The van der Waals surface area contributed by atoms with Gasteiger partial charge in [0.05, 0.1) is 11.5 Å². The lowest BCUT2D eigenvalue weighted by Crippen LogP contribution is -2.39. The number of benzene rings is 1. The Hall–Kier alpha value is -0.910. The van der Waals surface area contributed by atoms with Crippen LogP contribution in [-0.2, 0) is 23.1 Å². The SMILES string of the molecule is CCc1ccc(S(=O)(=O)N2CCCC(C)C2)cc1CO. The Labute approximate surface area is 121 Å². The molecular formula is C15H23NO3S. The van der Waals surface area contributed by atoms with Gasteiger partial charge in [0.2, 0.25) is 10.0 Å². The van der Waals surface area contributed by atoms with E-state index in [4.69, 9.17) is 0 Å². The predicted molar refractivity (Wildman–Crippen MR) is 78.9 cm³/mol. The maximum Gasteiger partial charge on any atom is 0.243 e. The van der Waals surface area contributed by atoms with Gasteiger partial charge in [-0.05, 0) is 48.4 Å². The van der Waals surface area contributed by atoms with Gasteiger partial charge in [-0.25, -0.2) is 8.42 Å². The quantitative estimate of drug-likeness (QED) is 0.926. The molecule has 0 spiro atoms. The molecule has 112 valence electrons. The van der Waals surface area contributed by atoms with Crippen LogP contribution in [0.3, 0.4) is 0 Å². The highest BCUT2D eigenvalue weighted by molar-refractivity contribution is 7.89. The molecule has 1 aromatic rings. The monoisotopic (exact) mass is 297 g/mol. The lowest BCUT2D eigenvalue weighted by Gasteiger charge is -2.30. The summed E-state index contributed by atoms with van der Waals surface area (Å²) in [7, 11) is -3.43. The second-order valence-corrected chi connectivity index (χ2v) is 7.49. The molecule has 1 aliphatic rings. The molecule has 0 radical (unpaired) electrons. The Morgan fingerprint density at radius 2 is 2.10 bits per heavy atom. The van der Waals surface area contributed by atoms with E-state index in [1.54, 1.807) is 16.4 Å². The molecule has 1 heterocycles. The number of aryl methyl sites for hydroxylation is 1. The van der Waals surface area contributed by atoms with Crippen LogP contribution in [0.2, 0.25) is 0 Å². The van der Waals surface area contributed by atoms with Crippen LogP contribution in [0.15, 0.2) is 23.1 Å². The van der Waals surface area contributed by atoms with Crippen LogP contribution in [0.1, 0.15) is 37.8 Å². The fraction of sp³-hybridized carbons (Fsp3) is 0.600. The van der Waals surface area contributed by atoms with Crippen molar-refractivity contribution in [2.75, 3.05) is 13.1 Å². The molecule has 0 bridgehead atoms. The molecule has 20 heavy (non-hydrogen) atoms. The van der Waals surface area contributed by atoms with Crippen LogP contribution in [0, 0.1) is 5.92 Å². The molecule has 1 atom stereocenters. The van der Waals surface area contributed by atoms with E-state index in [-0.39, 0.29) is 6.61 Å². The van der Waals surface area contributed by atoms with Crippen molar-refractivity contribution in [1.29, 1.82) is 0 Å². The number of rotatable bonds is 4. The third kappa shape index (κ3) is 3.05. The van der Waals surface area contributed by atoms with Gasteiger partial charge in [0.15, 0.2) is 0 Å². The number of hydrogen-bond acceptors (Lipinski definition) is 3. The van der Waals surface area contributed by atoms with Gasteiger partial charge < -0.3 is 5.11 Å². The first-order chi connectivity index (χ1) is 9.48. The second-order valence-electron chi connectivity index (χ2n) is 5.55. The highest BCUT2D eigenvalue weighted by atomic mass is 32.2. The summed E-state index contributed by atoms with van der Waals surface area (Å²) in [6.45, 7) is 5.14. The van der Waals surface area contributed by atoms with Gasteiger partial charge in [0, 0.05) is 13.1 Å². The first-order valence-electron chi connectivity index (χ1n) is 7.21. The molecule has 1 fully saturated rings. The number of hydrogen-bond donors (Lipinski definition) is 1. The van der Waals surface area contributed by atoms with Crippen molar-refractivity contribution in [2.45, 2.75) is 44.6 Å². The Balaban J connectivity index is 2.34. The van der Waals surface area contributed by atoms with Gasteiger partial charge in [-0.15, -0.1) is 0 Å². The summed E-state index contributed by atoms with van der Waals surface area (Å²) in [5.74, 6) is 0.408. The fourth-order valence-electron chi connectivity index (χ4n) is 2.77. The van der Waals surface area contributed by atoms with Gasteiger partial charge in [-0.3, -0.25) is 0 Å². The van der Waals surface area contributed by atoms with Gasteiger partial charge in [0.1, 0.15) is 0 Å². The standard InChI is InChI=1S/C15H23NO3S/c1-3-13-6-7-15(9-14(13)11-17)20(18,19)16-8-4-5-12(2)10-16/h6-7,9,12,17H,3-5,8,10-11H2,1-2H3. The molecule has 1 aromatic carbocycles. The van der Waals surface area contributed by atoms with Gasteiger partial charge >= 0.3 is 0 Å². The van der Waals surface area contributed by atoms with E-state index in [1.807, 2.05) is 13.0 Å². The third-order valence-electron chi connectivity index (χ3n) is 3.99. The topological polar surface area (TPSA) is 57.6 Å². The molecule has 1 N–H and O–H groups in total. The number of aliphatic hydroxyl groups excluding tert-OH is 1. The molecule has 0 saturated carbocycles. The van der Waals surface area contributed by atoms with Crippen LogP contribution in [0.25, 0.3) is 0 Å². The van der Waals surface area contributed by atoms with Crippen molar-refractivity contribution in [1.82, 2.24) is 4.31 Å². The van der Waals surface area contributed by atoms with Crippen LogP contribution >= 0.6 is 0 Å². The van der Waals surface area contributed by atoms with E-state index in [2.05, 4.69) is 6.92 Å². The minimum absolute atomic E-state index is 0.122. The summed E-state index contributed by atoms with van der Waals surface area (Å²) in [6, 6.07) is 5.09. The second kappa shape index (κ2) is 6.24. The Morgan fingerprint density at radius 1 is 1.35 bits per heavy atom. The number of sulfonamides is 1. The van der Waals surface area contributed by atoms with E-state index in [0.717, 1.165) is 24.8 Å². The maximum absolute atomic E-state index is 12.6. The van der Waals surface area contributed by atoms with Crippen molar-refractivity contribution in [2.24, 2.45) is 5.92 Å². The maximum atomic E-state index is 12.6. The average molecular weight is 297 g/mol. The Morgan fingerprint density at radius 3 is 2.70 bits per heavy atom. The molecule has 0 amide bonds. The summed E-state index contributed by atoms with van der Waals surface area (Å²) >= 11 is 0. The molecule has 0 aromatic heterocycles. The minimum atomic E-state index is -3.43. The molecule has 2 rings (SSSR count). The molecule has 5 heteroatoms.